The van der Waals surface area contributed by atoms with Crippen LogP contribution in [0.2, 0.25) is 0 Å². The minimum atomic E-state index is -1.22. The van der Waals surface area contributed by atoms with Crippen molar-refractivity contribution in [2.24, 2.45) is 5.41 Å². The van der Waals surface area contributed by atoms with Crippen LogP contribution in [0.5, 0.6) is 0 Å². The average Bonchev–Trinajstić information content (AvgIpc) is 2.36. The fourth-order valence-electron chi connectivity index (χ4n) is 1.55. The largest absolute Gasteiger partial charge is 0.481 e. The smallest absolute Gasteiger partial charge is 0.321 e. The van der Waals surface area contributed by atoms with Crippen LogP contribution >= 0.6 is 0 Å². The number of imide groups is 1. The average molecular weight is 288 g/mol. The zero-order valence-corrected chi connectivity index (χ0v) is 11.6. The van der Waals surface area contributed by atoms with E-state index in [1.807, 2.05) is 0 Å². The van der Waals surface area contributed by atoms with Gasteiger partial charge >= 0.3 is 12.0 Å². The summed E-state index contributed by atoms with van der Waals surface area (Å²) in [5.74, 6) is -1.74. The van der Waals surface area contributed by atoms with Crippen molar-refractivity contribution in [3.63, 3.8) is 0 Å². The fraction of sp³-hybridized carbons (Fsp3) is 0.750. The predicted molar refractivity (Wildman–Crippen MR) is 68.1 cm³/mol. The van der Waals surface area contributed by atoms with Gasteiger partial charge in [-0.25, -0.2) is 4.79 Å². The van der Waals surface area contributed by atoms with Crippen molar-refractivity contribution >= 4 is 17.9 Å². The van der Waals surface area contributed by atoms with Gasteiger partial charge in [-0.05, 0) is 13.8 Å². The Morgan fingerprint density at radius 2 is 2.00 bits per heavy atom. The Bertz CT molecular complexity index is 376. The van der Waals surface area contributed by atoms with Gasteiger partial charge in [-0.15, -0.1) is 0 Å². The van der Waals surface area contributed by atoms with E-state index in [-0.39, 0.29) is 19.1 Å². The molecule has 1 fully saturated rings. The lowest BCUT2D eigenvalue weighted by Gasteiger charge is -2.23. The third-order valence-corrected chi connectivity index (χ3v) is 2.81. The number of ether oxygens (including phenoxy) is 2. The summed E-state index contributed by atoms with van der Waals surface area (Å²) < 4.78 is 10.5. The molecule has 3 amide bonds. The third kappa shape index (κ3) is 5.54. The van der Waals surface area contributed by atoms with Crippen LogP contribution in [0.3, 0.4) is 0 Å². The highest BCUT2D eigenvalue weighted by Crippen LogP contribution is 2.19. The first-order valence-corrected chi connectivity index (χ1v) is 6.31. The van der Waals surface area contributed by atoms with E-state index in [4.69, 9.17) is 14.6 Å². The van der Waals surface area contributed by atoms with Crippen molar-refractivity contribution < 1.29 is 29.0 Å². The molecule has 0 bridgehead atoms. The topological polar surface area (TPSA) is 114 Å². The van der Waals surface area contributed by atoms with Gasteiger partial charge in [-0.3, -0.25) is 14.9 Å². The summed E-state index contributed by atoms with van der Waals surface area (Å²) in [7, 11) is 0. The Labute approximate surface area is 116 Å². The molecule has 1 atom stereocenters. The van der Waals surface area contributed by atoms with Crippen molar-refractivity contribution in [2.45, 2.75) is 26.4 Å². The standard InChI is InChI=1S/C12H20N2O6/c1-12(2,10(16)17)5-9(15)14-11(18)13-6-8-7-19-3-4-20-8/h8H,3-7H2,1-2H3,(H,16,17)(H2,13,14,15,18). The molecule has 0 aromatic heterocycles. The van der Waals surface area contributed by atoms with Gasteiger partial charge < -0.3 is 19.9 Å². The van der Waals surface area contributed by atoms with Crippen LogP contribution in [0, 0.1) is 5.41 Å². The van der Waals surface area contributed by atoms with Gasteiger partial charge in [-0.1, -0.05) is 0 Å². The van der Waals surface area contributed by atoms with Crippen LogP contribution in [0.15, 0.2) is 0 Å². The molecule has 8 heteroatoms. The monoisotopic (exact) mass is 288 g/mol. The zero-order chi connectivity index (χ0) is 15.2. The number of urea groups is 1. The summed E-state index contributed by atoms with van der Waals surface area (Å²) in [5, 5.41) is 13.4. The molecule has 0 aromatic carbocycles. The number of hydrogen-bond donors (Lipinski definition) is 3. The SMILES string of the molecule is CC(C)(CC(=O)NC(=O)NCC1COCCO1)C(=O)O. The number of carbonyl (C=O) groups is 3. The minimum absolute atomic E-state index is 0.224. The van der Waals surface area contributed by atoms with Crippen molar-refractivity contribution in [1.29, 1.82) is 0 Å². The van der Waals surface area contributed by atoms with E-state index in [1.165, 1.54) is 13.8 Å². The summed E-state index contributed by atoms with van der Waals surface area (Å²) in [6.07, 6.45) is -0.515. The number of carboxylic acid groups (broad SMARTS) is 1. The molecular weight excluding hydrogens is 268 g/mol. The number of amides is 3. The number of nitrogens with one attached hydrogen (secondary N) is 2. The van der Waals surface area contributed by atoms with Crippen LogP contribution < -0.4 is 10.6 Å². The lowest BCUT2D eigenvalue weighted by atomic mass is 9.89. The van der Waals surface area contributed by atoms with Crippen molar-refractivity contribution in [1.82, 2.24) is 10.6 Å². The minimum Gasteiger partial charge on any atom is -0.481 e. The molecule has 1 aliphatic rings. The van der Waals surface area contributed by atoms with E-state index in [1.54, 1.807) is 0 Å². The summed E-state index contributed by atoms with van der Waals surface area (Å²) >= 11 is 0. The van der Waals surface area contributed by atoms with Crippen molar-refractivity contribution in [3.8, 4) is 0 Å². The number of carboxylic acids is 1. The Balaban J connectivity index is 2.27. The zero-order valence-electron chi connectivity index (χ0n) is 11.6. The molecule has 3 N–H and O–H groups in total. The van der Waals surface area contributed by atoms with Gasteiger partial charge in [0.05, 0.1) is 31.3 Å². The Hall–Kier alpha value is -1.67. The predicted octanol–water partition coefficient (Wildman–Crippen LogP) is -0.271. The number of aliphatic carboxylic acids is 1. The van der Waals surface area contributed by atoms with E-state index in [9.17, 15) is 14.4 Å². The van der Waals surface area contributed by atoms with E-state index >= 15 is 0 Å². The van der Waals surface area contributed by atoms with E-state index < -0.39 is 23.3 Å². The summed E-state index contributed by atoms with van der Waals surface area (Å²) in [4.78, 5) is 33.9. The first-order valence-electron chi connectivity index (χ1n) is 6.31. The maximum absolute atomic E-state index is 11.5. The van der Waals surface area contributed by atoms with E-state index in [0.29, 0.717) is 19.8 Å². The second-order valence-corrected chi connectivity index (χ2v) is 5.19. The molecule has 0 radical (unpaired) electrons. The van der Waals surface area contributed by atoms with Crippen LogP contribution in [0.4, 0.5) is 4.79 Å². The van der Waals surface area contributed by atoms with Gasteiger partial charge in [0, 0.05) is 13.0 Å². The van der Waals surface area contributed by atoms with Gasteiger partial charge in [0.1, 0.15) is 0 Å². The Morgan fingerprint density at radius 3 is 2.55 bits per heavy atom. The number of rotatable bonds is 5. The first-order chi connectivity index (χ1) is 9.31. The molecule has 0 saturated carbocycles. The quantitative estimate of drug-likeness (QED) is 0.641. The second kappa shape index (κ2) is 7.20. The van der Waals surface area contributed by atoms with Crippen LogP contribution in [0.1, 0.15) is 20.3 Å². The fourth-order valence-corrected chi connectivity index (χ4v) is 1.55. The molecule has 1 aliphatic heterocycles. The maximum atomic E-state index is 11.5. The Kier molecular flexibility index (Phi) is 5.90. The van der Waals surface area contributed by atoms with Gasteiger partial charge in [-0.2, -0.15) is 0 Å². The maximum Gasteiger partial charge on any atom is 0.321 e. The molecule has 0 aromatic rings. The Morgan fingerprint density at radius 1 is 1.30 bits per heavy atom. The summed E-state index contributed by atoms with van der Waals surface area (Å²) in [5.41, 5.74) is -1.22. The molecular formula is C12H20N2O6. The van der Waals surface area contributed by atoms with Crippen LogP contribution in [-0.4, -0.2) is 55.5 Å². The van der Waals surface area contributed by atoms with E-state index in [0.717, 1.165) is 0 Å². The normalized spacial score (nSPS) is 19.2. The molecule has 114 valence electrons. The third-order valence-electron chi connectivity index (χ3n) is 2.81. The highest BCUT2D eigenvalue weighted by Gasteiger charge is 2.30. The molecule has 8 nitrogen and oxygen atoms in total. The lowest BCUT2D eigenvalue weighted by Crippen LogP contribution is -2.46. The summed E-state index contributed by atoms with van der Waals surface area (Å²) in [6.45, 7) is 4.45. The molecule has 20 heavy (non-hydrogen) atoms. The molecule has 1 heterocycles. The number of hydrogen-bond acceptors (Lipinski definition) is 5. The lowest BCUT2D eigenvalue weighted by molar-refractivity contribution is -0.149. The molecule has 1 unspecified atom stereocenters. The highest BCUT2D eigenvalue weighted by molar-refractivity contribution is 5.96. The van der Waals surface area contributed by atoms with Gasteiger partial charge in [0.15, 0.2) is 0 Å². The molecule has 1 saturated heterocycles. The van der Waals surface area contributed by atoms with Gasteiger partial charge in [0.25, 0.3) is 0 Å². The molecule has 0 aliphatic carbocycles. The second-order valence-electron chi connectivity index (χ2n) is 5.19. The first kappa shape index (κ1) is 16.4. The van der Waals surface area contributed by atoms with Crippen LogP contribution in [-0.2, 0) is 19.1 Å². The molecule has 1 rings (SSSR count). The van der Waals surface area contributed by atoms with Crippen molar-refractivity contribution in [3.05, 3.63) is 0 Å². The number of carbonyl (C=O) groups excluding carboxylic acids is 2. The molecule has 0 spiro atoms. The summed E-state index contributed by atoms with van der Waals surface area (Å²) in [6, 6.07) is -0.676. The van der Waals surface area contributed by atoms with Crippen molar-refractivity contribution in [2.75, 3.05) is 26.4 Å². The highest BCUT2D eigenvalue weighted by atomic mass is 16.6. The van der Waals surface area contributed by atoms with E-state index in [2.05, 4.69) is 10.6 Å². The van der Waals surface area contributed by atoms with Gasteiger partial charge in [0.2, 0.25) is 5.91 Å². The van der Waals surface area contributed by atoms with Crippen LogP contribution in [0.25, 0.3) is 0 Å².